The van der Waals surface area contributed by atoms with Crippen LogP contribution in [0.15, 0.2) is 57.9 Å². The van der Waals surface area contributed by atoms with Crippen molar-refractivity contribution in [3.63, 3.8) is 0 Å². The third-order valence-corrected chi connectivity index (χ3v) is 6.18. The van der Waals surface area contributed by atoms with Gasteiger partial charge in [0.2, 0.25) is 0 Å². The Hall–Kier alpha value is -2.87. The van der Waals surface area contributed by atoms with E-state index in [1.54, 1.807) is 48.5 Å². The smallest absolute Gasteiger partial charge is 0.264 e. The average Bonchev–Trinajstić information content (AvgIpc) is 3.16. The first-order valence-electron chi connectivity index (χ1n) is 9.19. The summed E-state index contributed by atoms with van der Waals surface area (Å²) in [4.78, 5) is 4.57. The van der Waals surface area contributed by atoms with E-state index in [1.807, 2.05) is 27.7 Å². The van der Waals surface area contributed by atoms with Gasteiger partial charge < -0.3 is 9.26 Å². The maximum Gasteiger partial charge on any atom is 0.264 e. The molecule has 8 heteroatoms. The molecule has 3 rings (SSSR count). The molecule has 0 spiro atoms. The van der Waals surface area contributed by atoms with Gasteiger partial charge in [-0.25, -0.2) is 8.42 Å². The summed E-state index contributed by atoms with van der Waals surface area (Å²) in [5.41, 5.74) is 1.34. The lowest BCUT2D eigenvalue weighted by atomic mass is 9.96. The van der Waals surface area contributed by atoms with Gasteiger partial charge >= 0.3 is 0 Å². The fourth-order valence-electron chi connectivity index (χ4n) is 2.52. The van der Waals surface area contributed by atoms with E-state index in [9.17, 15) is 8.42 Å². The predicted octanol–water partition coefficient (Wildman–Crippen LogP) is 4.08. The largest absolute Gasteiger partial charge is 0.484 e. The van der Waals surface area contributed by atoms with Gasteiger partial charge in [-0.1, -0.05) is 43.6 Å². The number of sulfonamides is 1. The van der Waals surface area contributed by atoms with Crippen molar-refractivity contribution in [3.05, 3.63) is 65.8 Å². The number of aromatic nitrogens is 2. The van der Waals surface area contributed by atoms with Gasteiger partial charge in [-0.3, -0.25) is 4.31 Å². The number of anilines is 1. The highest BCUT2D eigenvalue weighted by atomic mass is 32.2. The fraction of sp³-hybridized carbons (Fsp3) is 0.333. The van der Waals surface area contributed by atoms with E-state index >= 15 is 0 Å². The van der Waals surface area contributed by atoms with Crippen molar-refractivity contribution < 1.29 is 17.7 Å². The highest BCUT2D eigenvalue weighted by molar-refractivity contribution is 7.92. The second-order valence-corrected chi connectivity index (χ2v) is 9.80. The van der Waals surface area contributed by atoms with Crippen molar-refractivity contribution in [2.45, 2.75) is 44.6 Å². The number of hydrogen-bond acceptors (Lipinski definition) is 6. The van der Waals surface area contributed by atoms with Gasteiger partial charge in [-0.05, 0) is 43.3 Å². The first kappa shape index (κ1) is 20.9. The number of aryl methyl sites for hydroxylation is 1. The molecule has 0 unspecified atom stereocenters. The van der Waals surface area contributed by atoms with Crippen molar-refractivity contribution in [1.82, 2.24) is 10.1 Å². The minimum atomic E-state index is -3.63. The summed E-state index contributed by atoms with van der Waals surface area (Å²) in [6.45, 7) is 8.06. The number of benzene rings is 2. The van der Waals surface area contributed by atoms with Crippen LogP contribution >= 0.6 is 0 Å². The second kappa shape index (κ2) is 7.87. The van der Waals surface area contributed by atoms with E-state index in [0.717, 1.165) is 5.56 Å². The molecule has 0 aliphatic heterocycles. The van der Waals surface area contributed by atoms with Gasteiger partial charge in [0.25, 0.3) is 15.9 Å². The number of rotatable bonds is 6. The second-order valence-electron chi connectivity index (χ2n) is 7.83. The molecule has 1 heterocycles. The molecular weight excluding hydrogens is 390 g/mol. The molecule has 1 aromatic heterocycles. The molecule has 0 N–H and O–H groups in total. The molecule has 7 nitrogen and oxygen atoms in total. The first-order chi connectivity index (χ1) is 13.6. The highest BCUT2D eigenvalue weighted by Crippen LogP contribution is 2.25. The lowest BCUT2D eigenvalue weighted by molar-refractivity contribution is 0.242. The van der Waals surface area contributed by atoms with Crippen LogP contribution in [0.5, 0.6) is 5.75 Å². The summed E-state index contributed by atoms with van der Waals surface area (Å²) < 4.78 is 37.7. The summed E-state index contributed by atoms with van der Waals surface area (Å²) >= 11 is 0. The molecule has 0 radical (unpaired) electrons. The summed E-state index contributed by atoms with van der Waals surface area (Å²) in [7, 11) is -2.10. The molecule has 0 saturated carbocycles. The van der Waals surface area contributed by atoms with Crippen LogP contribution < -0.4 is 9.04 Å². The Bertz CT molecular complexity index is 1070. The molecule has 3 aromatic rings. The SMILES string of the molecule is Cc1ccc(S(=O)(=O)N(C)c2ccc(OCc3nc(C(C)(C)C)no3)cc2)cc1. The van der Waals surface area contributed by atoms with Gasteiger partial charge in [0.1, 0.15) is 5.75 Å². The topological polar surface area (TPSA) is 85.5 Å². The fourth-order valence-corrected chi connectivity index (χ4v) is 3.72. The number of ether oxygens (including phenoxy) is 1. The Labute approximate surface area is 171 Å². The van der Waals surface area contributed by atoms with E-state index in [1.165, 1.54) is 11.4 Å². The Balaban J connectivity index is 1.68. The van der Waals surface area contributed by atoms with E-state index in [2.05, 4.69) is 10.1 Å². The molecule has 0 saturated heterocycles. The summed E-state index contributed by atoms with van der Waals surface area (Å²) in [5.74, 6) is 1.58. The maximum atomic E-state index is 12.8. The summed E-state index contributed by atoms with van der Waals surface area (Å²) in [5, 5.41) is 3.96. The monoisotopic (exact) mass is 415 g/mol. The highest BCUT2D eigenvalue weighted by Gasteiger charge is 2.22. The van der Waals surface area contributed by atoms with Crippen LogP contribution in [0.2, 0.25) is 0 Å². The molecule has 0 aliphatic rings. The van der Waals surface area contributed by atoms with Crippen molar-refractivity contribution in [3.8, 4) is 5.75 Å². The van der Waals surface area contributed by atoms with Crippen molar-refractivity contribution in [2.24, 2.45) is 0 Å². The van der Waals surface area contributed by atoms with Crippen LogP contribution in [0.25, 0.3) is 0 Å². The van der Waals surface area contributed by atoms with Crippen LogP contribution in [0.3, 0.4) is 0 Å². The van der Waals surface area contributed by atoms with Gasteiger partial charge in [0, 0.05) is 12.5 Å². The summed E-state index contributed by atoms with van der Waals surface area (Å²) in [6, 6.07) is 13.6. The number of hydrogen-bond donors (Lipinski definition) is 0. The predicted molar refractivity (Wildman–Crippen MR) is 111 cm³/mol. The van der Waals surface area contributed by atoms with Crippen LogP contribution in [0.4, 0.5) is 5.69 Å². The quantitative estimate of drug-likeness (QED) is 0.603. The molecule has 2 aromatic carbocycles. The minimum Gasteiger partial charge on any atom is -0.484 e. The van der Waals surface area contributed by atoms with E-state index in [0.29, 0.717) is 23.2 Å². The number of nitrogens with zero attached hydrogens (tertiary/aromatic N) is 3. The molecule has 0 amide bonds. The lowest BCUT2D eigenvalue weighted by Crippen LogP contribution is -2.26. The first-order valence-corrected chi connectivity index (χ1v) is 10.6. The zero-order valence-electron chi connectivity index (χ0n) is 17.2. The van der Waals surface area contributed by atoms with Crippen LogP contribution in [0.1, 0.15) is 38.0 Å². The van der Waals surface area contributed by atoms with Gasteiger partial charge in [-0.2, -0.15) is 4.98 Å². The third kappa shape index (κ3) is 4.76. The standard InChI is InChI=1S/C21H25N3O4S/c1-15-6-12-18(13-7-15)29(25,26)24(5)16-8-10-17(11-9-16)27-14-19-22-20(23-28-19)21(2,3)4/h6-13H,14H2,1-5H3. The zero-order chi connectivity index (χ0) is 21.2. The third-order valence-electron chi connectivity index (χ3n) is 4.38. The van der Waals surface area contributed by atoms with Crippen molar-refractivity contribution in [2.75, 3.05) is 11.4 Å². The van der Waals surface area contributed by atoms with E-state index in [-0.39, 0.29) is 16.9 Å². The Kier molecular flexibility index (Phi) is 5.66. The van der Waals surface area contributed by atoms with Gasteiger partial charge in [0.05, 0.1) is 10.6 Å². The average molecular weight is 416 g/mol. The molecular formula is C21H25N3O4S. The minimum absolute atomic E-state index is 0.139. The Morgan fingerprint density at radius 3 is 2.21 bits per heavy atom. The summed E-state index contributed by atoms with van der Waals surface area (Å²) in [6.07, 6.45) is 0. The molecule has 0 aliphatic carbocycles. The van der Waals surface area contributed by atoms with E-state index in [4.69, 9.17) is 9.26 Å². The van der Waals surface area contributed by atoms with Crippen molar-refractivity contribution in [1.29, 1.82) is 0 Å². The van der Waals surface area contributed by atoms with Gasteiger partial charge in [-0.15, -0.1) is 0 Å². The maximum absolute atomic E-state index is 12.8. The van der Waals surface area contributed by atoms with Crippen LogP contribution in [-0.2, 0) is 22.0 Å². The van der Waals surface area contributed by atoms with Crippen LogP contribution in [-0.4, -0.2) is 25.6 Å². The normalized spacial score (nSPS) is 12.0. The Morgan fingerprint density at radius 2 is 1.66 bits per heavy atom. The zero-order valence-corrected chi connectivity index (χ0v) is 18.0. The van der Waals surface area contributed by atoms with Crippen LogP contribution in [0, 0.1) is 6.92 Å². The van der Waals surface area contributed by atoms with Gasteiger partial charge in [0.15, 0.2) is 12.4 Å². The van der Waals surface area contributed by atoms with Crippen molar-refractivity contribution >= 4 is 15.7 Å². The molecule has 0 bridgehead atoms. The van der Waals surface area contributed by atoms with E-state index < -0.39 is 10.0 Å². The molecule has 29 heavy (non-hydrogen) atoms. The molecule has 0 atom stereocenters. The molecule has 0 fully saturated rings. The Morgan fingerprint density at radius 1 is 1.03 bits per heavy atom. The lowest BCUT2D eigenvalue weighted by Gasteiger charge is -2.20. The molecule has 154 valence electrons.